The molecular weight excluding hydrogens is 436 g/mol. The fraction of sp³-hybridized carbons (Fsp3) is 0.741. The molecule has 0 amide bonds. The summed E-state index contributed by atoms with van der Waals surface area (Å²) in [5, 5.41) is 11.8. The molecule has 4 aliphatic rings. The van der Waals surface area contributed by atoms with Crippen molar-refractivity contribution in [1.82, 2.24) is 0 Å². The number of methoxy groups -OCH3 is 3. The van der Waals surface area contributed by atoms with Crippen LogP contribution in [-0.4, -0.2) is 76.1 Å². The van der Waals surface area contributed by atoms with Crippen LogP contribution in [0, 0.1) is 41.4 Å². The second-order valence-corrected chi connectivity index (χ2v) is 10.3. The predicted octanol–water partition coefficient (Wildman–Crippen LogP) is 2.79. The van der Waals surface area contributed by atoms with Crippen molar-refractivity contribution in [3.8, 4) is 0 Å². The lowest BCUT2D eigenvalue weighted by Gasteiger charge is -2.49. The molecular formula is C27H40O7. The monoisotopic (exact) mass is 476 g/mol. The van der Waals surface area contributed by atoms with Gasteiger partial charge in [0.05, 0.1) is 31.3 Å². The van der Waals surface area contributed by atoms with Gasteiger partial charge >= 0.3 is 5.97 Å². The molecule has 1 spiro atoms. The highest BCUT2D eigenvalue weighted by molar-refractivity contribution is 5.74. The van der Waals surface area contributed by atoms with Crippen LogP contribution in [0.25, 0.3) is 0 Å². The van der Waals surface area contributed by atoms with Crippen LogP contribution in [0.15, 0.2) is 36.5 Å². The molecule has 4 bridgehead atoms. The second-order valence-electron chi connectivity index (χ2n) is 10.3. The third-order valence-corrected chi connectivity index (χ3v) is 8.64. The number of aliphatic hydroxyl groups excluding tert-OH is 1. The topological polar surface area (TPSA) is 83.5 Å². The molecule has 2 fully saturated rings. The summed E-state index contributed by atoms with van der Waals surface area (Å²) in [5.74, 6) is -1.56. The maximum absolute atomic E-state index is 13.6. The van der Waals surface area contributed by atoms with Gasteiger partial charge in [-0.25, -0.2) is 0 Å². The van der Waals surface area contributed by atoms with E-state index in [1.54, 1.807) is 21.3 Å². The highest BCUT2D eigenvalue weighted by atomic mass is 16.6. The predicted molar refractivity (Wildman–Crippen MR) is 127 cm³/mol. The Morgan fingerprint density at radius 2 is 1.91 bits per heavy atom. The van der Waals surface area contributed by atoms with Gasteiger partial charge in [-0.2, -0.15) is 0 Å². The summed E-state index contributed by atoms with van der Waals surface area (Å²) < 4.78 is 29.4. The van der Waals surface area contributed by atoms with E-state index in [-0.39, 0.29) is 60.3 Å². The molecule has 2 heterocycles. The summed E-state index contributed by atoms with van der Waals surface area (Å²) in [6.45, 7) is 9.34. The van der Waals surface area contributed by atoms with Crippen LogP contribution in [0.1, 0.15) is 20.3 Å². The number of hydrogen-bond donors (Lipinski definition) is 1. The van der Waals surface area contributed by atoms with Gasteiger partial charge in [-0.15, -0.1) is 6.58 Å². The second kappa shape index (κ2) is 10.2. The van der Waals surface area contributed by atoms with Crippen LogP contribution in [0.2, 0.25) is 0 Å². The SMILES string of the molecule is C=CC1[C@H](COC)[C@@H](O)[C@@H]2[C@H]3C=C[C@@H]4[C@@H](COC)C(=O)O[C@H](CCOC)[C@H](C)/C=C(\C)[C@@]24O[C@@H]13. The zero-order valence-corrected chi connectivity index (χ0v) is 21.0. The Hall–Kier alpha value is -1.51. The van der Waals surface area contributed by atoms with Crippen LogP contribution in [0.4, 0.5) is 0 Å². The number of cyclic esters (lactones) is 1. The first-order valence-electron chi connectivity index (χ1n) is 12.4. The van der Waals surface area contributed by atoms with Crippen molar-refractivity contribution in [2.75, 3.05) is 41.2 Å². The third-order valence-electron chi connectivity index (χ3n) is 8.64. The Kier molecular flexibility index (Phi) is 7.70. The van der Waals surface area contributed by atoms with Gasteiger partial charge in [0.15, 0.2) is 0 Å². The molecule has 1 unspecified atom stereocenters. The Morgan fingerprint density at radius 3 is 2.56 bits per heavy atom. The lowest BCUT2D eigenvalue weighted by Crippen LogP contribution is -2.57. The standard InChI is InChI=1S/C27H40O7/c1-7-17-19(13-31-5)24(28)23-18-8-9-21-20(14-32-6)26(29)33-22(10-11-30-4)15(2)12-16(3)27(21,23)34-25(17)18/h7-9,12,15,17-25,28H,1,10-11,13-14H2,2-6H3/b16-12+/t15-,17?,18-,19+,20-,21-,22-,23+,24-,25+,27+/m1/s1. The third kappa shape index (κ3) is 3.90. The highest BCUT2D eigenvalue weighted by Crippen LogP contribution is 2.62. The number of carbonyl (C=O) groups excluding carboxylic acids is 1. The Morgan fingerprint density at radius 1 is 1.18 bits per heavy atom. The molecule has 1 saturated heterocycles. The van der Waals surface area contributed by atoms with Crippen molar-refractivity contribution >= 4 is 5.97 Å². The summed E-state index contributed by atoms with van der Waals surface area (Å²) in [6.07, 6.45) is 7.80. The first kappa shape index (κ1) is 25.6. The molecule has 0 aromatic carbocycles. The average molecular weight is 477 g/mol. The molecule has 190 valence electrons. The summed E-state index contributed by atoms with van der Waals surface area (Å²) in [4.78, 5) is 13.6. The number of hydrogen-bond acceptors (Lipinski definition) is 7. The summed E-state index contributed by atoms with van der Waals surface area (Å²) in [6, 6.07) is 0. The normalized spacial score (nSPS) is 47.0. The smallest absolute Gasteiger partial charge is 0.312 e. The van der Waals surface area contributed by atoms with Crippen molar-refractivity contribution in [1.29, 1.82) is 0 Å². The summed E-state index contributed by atoms with van der Waals surface area (Å²) >= 11 is 0. The zero-order chi connectivity index (χ0) is 24.6. The van der Waals surface area contributed by atoms with E-state index in [1.165, 1.54) is 0 Å². The first-order valence-corrected chi connectivity index (χ1v) is 12.4. The van der Waals surface area contributed by atoms with E-state index in [0.717, 1.165) is 5.57 Å². The van der Waals surface area contributed by atoms with E-state index in [1.807, 2.05) is 6.08 Å². The number of rotatable bonds is 8. The molecule has 7 heteroatoms. The van der Waals surface area contributed by atoms with Crippen molar-refractivity contribution in [3.63, 3.8) is 0 Å². The van der Waals surface area contributed by atoms with Gasteiger partial charge in [-0.05, 0) is 12.5 Å². The molecule has 34 heavy (non-hydrogen) atoms. The van der Waals surface area contributed by atoms with Gasteiger partial charge in [-0.3, -0.25) is 4.79 Å². The van der Waals surface area contributed by atoms with E-state index >= 15 is 0 Å². The van der Waals surface area contributed by atoms with Crippen LogP contribution >= 0.6 is 0 Å². The molecule has 0 aromatic heterocycles. The van der Waals surface area contributed by atoms with Gasteiger partial charge in [0, 0.05) is 69.9 Å². The van der Waals surface area contributed by atoms with Crippen LogP contribution in [-0.2, 0) is 28.5 Å². The Labute approximate surface area is 203 Å². The largest absolute Gasteiger partial charge is 0.461 e. The molecule has 2 aliphatic carbocycles. The minimum absolute atomic E-state index is 0.0327. The van der Waals surface area contributed by atoms with Gasteiger partial charge in [0.2, 0.25) is 0 Å². The van der Waals surface area contributed by atoms with E-state index in [9.17, 15) is 9.90 Å². The number of carbonyl (C=O) groups is 1. The zero-order valence-electron chi connectivity index (χ0n) is 21.0. The molecule has 1 N–H and O–H groups in total. The average Bonchev–Trinajstić information content (AvgIpc) is 3.00. The van der Waals surface area contributed by atoms with Gasteiger partial charge < -0.3 is 28.8 Å². The lowest BCUT2D eigenvalue weighted by atomic mass is 9.55. The first-order chi connectivity index (χ1) is 16.3. The summed E-state index contributed by atoms with van der Waals surface area (Å²) in [5.41, 5.74) is 0.202. The van der Waals surface area contributed by atoms with Gasteiger partial charge in [0.1, 0.15) is 11.7 Å². The van der Waals surface area contributed by atoms with Crippen LogP contribution in [0.3, 0.4) is 0 Å². The van der Waals surface area contributed by atoms with Crippen molar-refractivity contribution in [3.05, 3.63) is 36.5 Å². The van der Waals surface area contributed by atoms with Gasteiger partial charge in [0.25, 0.3) is 0 Å². The van der Waals surface area contributed by atoms with Crippen LogP contribution in [0.5, 0.6) is 0 Å². The molecule has 7 nitrogen and oxygen atoms in total. The van der Waals surface area contributed by atoms with E-state index < -0.39 is 17.6 Å². The fourth-order valence-corrected chi connectivity index (χ4v) is 7.14. The summed E-state index contributed by atoms with van der Waals surface area (Å²) in [7, 11) is 4.90. The molecule has 2 aliphatic heterocycles. The van der Waals surface area contributed by atoms with E-state index in [4.69, 9.17) is 23.7 Å². The maximum Gasteiger partial charge on any atom is 0.312 e. The fourth-order valence-electron chi connectivity index (χ4n) is 7.14. The van der Waals surface area contributed by atoms with Crippen LogP contribution < -0.4 is 0 Å². The molecule has 0 aromatic rings. The lowest BCUT2D eigenvalue weighted by molar-refractivity contribution is -0.165. The number of esters is 1. The number of aliphatic hydroxyl groups is 1. The Bertz CT molecular complexity index is 822. The van der Waals surface area contributed by atoms with Gasteiger partial charge in [-0.1, -0.05) is 31.2 Å². The maximum atomic E-state index is 13.6. The van der Waals surface area contributed by atoms with Crippen molar-refractivity contribution in [2.24, 2.45) is 41.4 Å². The molecule has 11 atom stereocenters. The minimum Gasteiger partial charge on any atom is -0.461 e. The molecule has 0 radical (unpaired) electrons. The van der Waals surface area contributed by atoms with Crippen molar-refractivity contribution < 1.29 is 33.6 Å². The number of ether oxygens (including phenoxy) is 5. The highest BCUT2D eigenvalue weighted by Gasteiger charge is 2.69. The molecule has 4 rings (SSSR count). The molecule has 1 saturated carbocycles. The Balaban J connectivity index is 1.86. The van der Waals surface area contributed by atoms with Crippen molar-refractivity contribution in [2.45, 2.75) is 44.2 Å². The van der Waals surface area contributed by atoms with E-state index in [2.05, 4.69) is 38.7 Å². The van der Waals surface area contributed by atoms with E-state index in [0.29, 0.717) is 19.6 Å². The minimum atomic E-state index is -0.833. The quantitative estimate of drug-likeness (QED) is 0.426.